The number of hydrogen-bond acceptors (Lipinski definition) is 3. The van der Waals surface area contributed by atoms with E-state index in [1.165, 1.54) is 5.56 Å². The highest BCUT2D eigenvalue weighted by atomic mass is 16.2. The van der Waals surface area contributed by atoms with Crippen LogP contribution in [0.15, 0.2) is 36.7 Å². The van der Waals surface area contributed by atoms with Crippen LogP contribution in [0.1, 0.15) is 42.3 Å². The van der Waals surface area contributed by atoms with Gasteiger partial charge in [-0.15, -0.1) is 0 Å². The van der Waals surface area contributed by atoms with Gasteiger partial charge in [0.1, 0.15) is 11.9 Å². The fourth-order valence-corrected chi connectivity index (χ4v) is 4.10. The molecule has 0 aliphatic carbocycles. The summed E-state index contributed by atoms with van der Waals surface area (Å²) < 4.78 is 2.22. The first-order valence-electron chi connectivity index (χ1n) is 9.96. The molecule has 0 spiro atoms. The van der Waals surface area contributed by atoms with Gasteiger partial charge in [-0.1, -0.05) is 24.3 Å². The zero-order valence-electron chi connectivity index (χ0n) is 17.1. The van der Waals surface area contributed by atoms with E-state index in [4.69, 9.17) is 0 Å². The first kappa shape index (κ1) is 19.6. The molecule has 1 aromatic heterocycles. The number of aromatic nitrogens is 2. The monoisotopic (exact) mass is 368 g/mol. The van der Waals surface area contributed by atoms with Gasteiger partial charge in [0.25, 0.3) is 0 Å². The Hall–Kier alpha value is -2.14. The molecule has 0 saturated carbocycles. The molecule has 1 saturated heterocycles. The van der Waals surface area contributed by atoms with Crippen LogP contribution >= 0.6 is 0 Å². The van der Waals surface area contributed by atoms with Crippen LogP contribution in [0.4, 0.5) is 0 Å². The van der Waals surface area contributed by atoms with Crippen molar-refractivity contribution in [3.05, 3.63) is 53.6 Å². The number of nitrogens with zero attached hydrogens (tertiary/aromatic N) is 4. The van der Waals surface area contributed by atoms with Crippen LogP contribution in [0.25, 0.3) is 0 Å². The highest BCUT2D eigenvalue weighted by Crippen LogP contribution is 2.28. The van der Waals surface area contributed by atoms with E-state index in [0.717, 1.165) is 50.3 Å². The van der Waals surface area contributed by atoms with E-state index in [2.05, 4.69) is 39.7 Å². The minimum absolute atomic E-state index is 0.198. The van der Waals surface area contributed by atoms with Crippen LogP contribution in [0, 0.1) is 19.8 Å². The first-order valence-corrected chi connectivity index (χ1v) is 9.96. The Bertz CT molecular complexity index is 759. The summed E-state index contributed by atoms with van der Waals surface area (Å²) in [6.07, 6.45) is 7.26. The molecule has 5 heteroatoms. The SMILES string of the molecule is Cc1ccccc1[C@H](C(=O)N1CCC(CCn2ccnc2C)CC1)N(C)C. The number of piperidine rings is 1. The predicted molar refractivity (Wildman–Crippen MR) is 108 cm³/mol. The quantitative estimate of drug-likeness (QED) is 0.784. The van der Waals surface area contributed by atoms with Gasteiger partial charge in [0.2, 0.25) is 5.91 Å². The minimum atomic E-state index is -0.198. The van der Waals surface area contributed by atoms with Gasteiger partial charge in [0.05, 0.1) is 0 Å². The lowest BCUT2D eigenvalue weighted by Crippen LogP contribution is -2.44. The van der Waals surface area contributed by atoms with Crippen molar-refractivity contribution in [1.82, 2.24) is 19.4 Å². The summed E-state index contributed by atoms with van der Waals surface area (Å²) in [5.74, 6) is 2.00. The number of likely N-dealkylation sites (tertiary alicyclic amines) is 1. The van der Waals surface area contributed by atoms with Crippen LogP contribution in [0.2, 0.25) is 0 Å². The molecule has 0 N–H and O–H groups in total. The molecule has 1 amide bonds. The Labute approximate surface area is 163 Å². The second-order valence-electron chi connectivity index (χ2n) is 7.95. The van der Waals surface area contributed by atoms with Crippen molar-refractivity contribution < 1.29 is 4.79 Å². The molecular weight excluding hydrogens is 336 g/mol. The molecule has 3 rings (SSSR count). The molecule has 146 valence electrons. The van der Waals surface area contributed by atoms with Crippen molar-refractivity contribution >= 4 is 5.91 Å². The second kappa shape index (κ2) is 8.70. The number of carbonyl (C=O) groups excluding carboxylic acids is 1. The average molecular weight is 369 g/mol. The number of likely N-dealkylation sites (N-methyl/N-ethyl adjacent to an activating group) is 1. The van der Waals surface area contributed by atoms with Crippen molar-refractivity contribution in [2.24, 2.45) is 5.92 Å². The van der Waals surface area contributed by atoms with E-state index >= 15 is 0 Å². The van der Waals surface area contributed by atoms with Gasteiger partial charge >= 0.3 is 0 Å². The topological polar surface area (TPSA) is 41.4 Å². The van der Waals surface area contributed by atoms with Gasteiger partial charge in [-0.3, -0.25) is 9.69 Å². The lowest BCUT2D eigenvalue weighted by atomic mass is 9.92. The summed E-state index contributed by atoms with van der Waals surface area (Å²) in [5.41, 5.74) is 2.29. The molecular formula is C22H32N4O. The van der Waals surface area contributed by atoms with Crippen LogP contribution in [-0.2, 0) is 11.3 Å². The highest BCUT2D eigenvalue weighted by molar-refractivity contribution is 5.83. The maximum Gasteiger partial charge on any atom is 0.244 e. The summed E-state index contributed by atoms with van der Waals surface area (Å²) in [6, 6.07) is 8.03. The lowest BCUT2D eigenvalue weighted by Gasteiger charge is -2.36. The molecule has 1 atom stereocenters. The van der Waals surface area contributed by atoms with E-state index in [9.17, 15) is 4.79 Å². The number of amides is 1. The first-order chi connectivity index (χ1) is 13.0. The Morgan fingerprint density at radius 3 is 2.52 bits per heavy atom. The Kier molecular flexibility index (Phi) is 6.32. The van der Waals surface area contributed by atoms with Gasteiger partial charge in [0, 0.05) is 32.0 Å². The number of benzene rings is 1. The Morgan fingerprint density at radius 2 is 1.93 bits per heavy atom. The van der Waals surface area contributed by atoms with Crippen LogP contribution in [0.3, 0.4) is 0 Å². The largest absolute Gasteiger partial charge is 0.341 e. The molecule has 0 unspecified atom stereocenters. The number of imidazole rings is 1. The van der Waals surface area contributed by atoms with Gasteiger partial charge in [-0.25, -0.2) is 4.98 Å². The fraction of sp³-hybridized carbons (Fsp3) is 0.545. The molecule has 2 aromatic rings. The van der Waals surface area contributed by atoms with E-state index < -0.39 is 0 Å². The third kappa shape index (κ3) is 4.59. The van der Waals surface area contributed by atoms with Crippen molar-refractivity contribution in [1.29, 1.82) is 0 Å². The average Bonchev–Trinajstić information content (AvgIpc) is 3.07. The number of aryl methyl sites for hydroxylation is 3. The highest BCUT2D eigenvalue weighted by Gasteiger charge is 2.31. The van der Waals surface area contributed by atoms with E-state index in [0.29, 0.717) is 5.92 Å². The molecule has 27 heavy (non-hydrogen) atoms. The number of hydrogen-bond donors (Lipinski definition) is 0. The maximum atomic E-state index is 13.3. The van der Waals surface area contributed by atoms with Crippen molar-refractivity contribution in [2.45, 2.75) is 45.7 Å². The van der Waals surface area contributed by atoms with Gasteiger partial charge in [-0.2, -0.15) is 0 Å². The Morgan fingerprint density at radius 1 is 1.22 bits per heavy atom. The van der Waals surface area contributed by atoms with Gasteiger partial charge < -0.3 is 9.47 Å². The van der Waals surface area contributed by atoms with Crippen molar-refractivity contribution in [3.8, 4) is 0 Å². The normalized spacial score (nSPS) is 16.7. The van der Waals surface area contributed by atoms with E-state index in [-0.39, 0.29) is 11.9 Å². The third-order valence-corrected chi connectivity index (χ3v) is 5.86. The van der Waals surface area contributed by atoms with Crippen LogP contribution < -0.4 is 0 Å². The molecule has 2 heterocycles. The molecule has 1 aliphatic rings. The third-order valence-electron chi connectivity index (χ3n) is 5.86. The number of carbonyl (C=O) groups is 1. The predicted octanol–water partition coefficient (Wildman–Crippen LogP) is 3.43. The molecule has 1 aliphatic heterocycles. The van der Waals surface area contributed by atoms with Gasteiger partial charge in [0.15, 0.2) is 0 Å². The lowest BCUT2D eigenvalue weighted by molar-refractivity contribution is -0.137. The van der Waals surface area contributed by atoms with Gasteiger partial charge in [-0.05, 0) is 64.3 Å². The molecule has 1 aromatic carbocycles. The summed E-state index contributed by atoms with van der Waals surface area (Å²) in [5, 5.41) is 0. The molecule has 0 radical (unpaired) electrons. The Balaban J connectivity index is 1.58. The molecule has 5 nitrogen and oxygen atoms in total. The van der Waals surface area contributed by atoms with Crippen molar-refractivity contribution in [2.75, 3.05) is 27.2 Å². The summed E-state index contributed by atoms with van der Waals surface area (Å²) in [7, 11) is 3.99. The van der Waals surface area contributed by atoms with E-state index in [1.807, 2.05) is 44.2 Å². The van der Waals surface area contributed by atoms with Crippen molar-refractivity contribution in [3.63, 3.8) is 0 Å². The summed E-state index contributed by atoms with van der Waals surface area (Å²) in [4.78, 5) is 21.7. The maximum absolute atomic E-state index is 13.3. The van der Waals surface area contributed by atoms with Crippen LogP contribution in [-0.4, -0.2) is 52.4 Å². The molecule has 0 bridgehead atoms. The second-order valence-corrected chi connectivity index (χ2v) is 7.95. The fourth-order valence-electron chi connectivity index (χ4n) is 4.10. The zero-order valence-corrected chi connectivity index (χ0v) is 17.1. The minimum Gasteiger partial charge on any atom is -0.341 e. The standard InChI is InChI=1S/C22H32N4O/c1-17-7-5-6-8-20(17)21(24(3)4)22(27)26-14-10-19(11-15-26)9-13-25-16-12-23-18(25)2/h5-8,12,16,19,21H,9-11,13-15H2,1-4H3/t21-/m1/s1. The smallest absolute Gasteiger partial charge is 0.244 e. The van der Waals surface area contributed by atoms with Crippen LogP contribution in [0.5, 0.6) is 0 Å². The zero-order chi connectivity index (χ0) is 19.4. The summed E-state index contributed by atoms with van der Waals surface area (Å²) in [6.45, 7) is 6.89. The van der Waals surface area contributed by atoms with E-state index in [1.54, 1.807) is 0 Å². The summed E-state index contributed by atoms with van der Waals surface area (Å²) >= 11 is 0. The molecule has 1 fully saturated rings. The number of rotatable bonds is 6.